The van der Waals surface area contributed by atoms with Gasteiger partial charge in [0.2, 0.25) is 11.9 Å². The number of nitrogens with zero attached hydrogens (tertiary/aromatic N) is 6. The Bertz CT molecular complexity index is 724. The first-order valence-corrected chi connectivity index (χ1v) is 9.07. The van der Waals surface area contributed by atoms with Gasteiger partial charge in [-0.05, 0) is 35.4 Å². The number of tetrazole rings is 1. The first-order valence-electron chi connectivity index (χ1n) is 9.07. The second-order valence-electron chi connectivity index (χ2n) is 7.16. The van der Waals surface area contributed by atoms with E-state index in [0.717, 1.165) is 18.8 Å². The number of rotatable bonds is 5. The minimum atomic E-state index is 0.313. The summed E-state index contributed by atoms with van der Waals surface area (Å²) in [6.07, 6.45) is 5.48. The molecule has 2 aromatic rings. The average molecular weight is 340 g/mol. The maximum Gasteiger partial charge on any atom is 0.250 e. The number of para-hydroxylation sites is 1. The molecule has 1 aromatic heterocycles. The van der Waals surface area contributed by atoms with E-state index in [2.05, 4.69) is 25.3 Å². The molecule has 1 saturated heterocycles. The molecule has 0 bridgehead atoms. The van der Waals surface area contributed by atoms with Crippen molar-refractivity contribution >= 4 is 11.9 Å². The van der Waals surface area contributed by atoms with Gasteiger partial charge in [0.05, 0.1) is 5.69 Å². The molecule has 1 aliphatic carbocycles. The van der Waals surface area contributed by atoms with E-state index in [-0.39, 0.29) is 0 Å². The average Bonchev–Trinajstić information content (AvgIpc) is 3.36. The molecule has 0 N–H and O–H groups in total. The molecule has 1 amide bonds. The van der Waals surface area contributed by atoms with Crippen molar-refractivity contribution in [3.8, 4) is 5.69 Å². The molecule has 7 heteroatoms. The summed E-state index contributed by atoms with van der Waals surface area (Å²) >= 11 is 0. The zero-order valence-corrected chi connectivity index (χ0v) is 14.6. The van der Waals surface area contributed by atoms with Gasteiger partial charge in [-0.25, -0.2) is 0 Å². The van der Waals surface area contributed by atoms with Crippen molar-refractivity contribution in [1.29, 1.82) is 0 Å². The van der Waals surface area contributed by atoms with Gasteiger partial charge < -0.3 is 9.80 Å². The molecule has 2 heterocycles. The van der Waals surface area contributed by atoms with Crippen LogP contribution in [0.5, 0.6) is 0 Å². The lowest BCUT2D eigenvalue weighted by Gasteiger charge is -2.25. The summed E-state index contributed by atoms with van der Waals surface area (Å²) in [6, 6.07) is 10.3. The monoisotopic (exact) mass is 340 g/mol. The standard InChI is InChI=1S/C18H24N6O/c1-22(18-19-20-21-24(18)16-9-3-2-4-10-16)12-14-11-17(25)23(13-14)15-7-5-6-8-15/h2-4,9-10,14-15H,5-8,11-13H2,1H3. The first kappa shape index (κ1) is 16.1. The van der Waals surface area contributed by atoms with Crippen molar-refractivity contribution < 1.29 is 4.79 Å². The molecule has 1 saturated carbocycles. The van der Waals surface area contributed by atoms with Crippen LogP contribution in [-0.4, -0.2) is 57.2 Å². The van der Waals surface area contributed by atoms with Crippen LogP contribution in [-0.2, 0) is 4.79 Å². The van der Waals surface area contributed by atoms with Crippen LogP contribution in [0.1, 0.15) is 32.1 Å². The van der Waals surface area contributed by atoms with E-state index >= 15 is 0 Å². The van der Waals surface area contributed by atoms with Crippen molar-refractivity contribution in [3.05, 3.63) is 30.3 Å². The van der Waals surface area contributed by atoms with Crippen molar-refractivity contribution in [2.45, 2.75) is 38.1 Å². The number of anilines is 1. The Morgan fingerprint density at radius 1 is 1.20 bits per heavy atom. The molecule has 2 fully saturated rings. The molecular formula is C18H24N6O. The molecule has 4 rings (SSSR count). The summed E-state index contributed by atoms with van der Waals surface area (Å²) < 4.78 is 1.74. The highest BCUT2D eigenvalue weighted by Crippen LogP contribution is 2.30. The fourth-order valence-corrected chi connectivity index (χ4v) is 4.13. The van der Waals surface area contributed by atoms with E-state index < -0.39 is 0 Å². The largest absolute Gasteiger partial charge is 0.342 e. The molecule has 132 valence electrons. The number of carbonyl (C=O) groups excluding carboxylic acids is 1. The Morgan fingerprint density at radius 2 is 1.96 bits per heavy atom. The maximum absolute atomic E-state index is 12.4. The van der Waals surface area contributed by atoms with E-state index in [1.807, 2.05) is 37.4 Å². The zero-order chi connectivity index (χ0) is 17.2. The SMILES string of the molecule is CN(CC1CC(=O)N(C2CCCC2)C1)c1nnnn1-c1ccccc1. The van der Waals surface area contributed by atoms with E-state index in [4.69, 9.17) is 0 Å². The Labute approximate surface area is 147 Å². The van der Waals surface area contributed by atoms with E-state index in [1.54, 1.807) is 4.68 Å². The van der Waals surface area contributed by atoms with Crippen molar-refractivity contribution in [2.75, 3.05) is 25.0 Å². The summed E-state index contributed by atoms with van der Waals surface area (Å²) in [6.45, 7) is 1.64. The molecule has 1 aromatic carbocycles. The Morgan fingerprint density at radius 3 is 2.72 bits per heavy atom. The van der Waals surface area contributed by atoms with E-state index in [1.165, 1.54) is 25.7 Å². The lowest BCUT2D eigenvalue weighted by molar-refractivity contribution is -0.129. The van der Waals surface area contributed by atoms with Crippen LogP contribution in [0.3, 0.4) is 0 Å². The number of aromatic nitrogens is 4. The summed E-state index contributed by atoms with van der Waals surface area (Å²) in [5.74, 6) is 1.35. The lowest BCUT2D eigenvalue weighted by Crippen LogP contribution is -2.35. The fraction of sp³-hybridized carbons (Fsp3) is 0.556. The summed E-state index contributed by atoms with van der Waals surface area (Å²) in [5.41, 5.74) is 0.935. The number of amides is 1. The van der Waals surface area contributed by atoms with Crippen LogP contribution in [0, 0.1) is 5.92 Å². The van der Waals surface area contributed by atoms with Crippen molar-refractivity contribution in [2.24, 2.45) is 5.92 Å². The molecule has 0 spiro atoms. The van der Waals surface area contributed by atoms with Crippen molar-refractivity contribution in [3.63, 3.8) is 0 Å². The van der Waals surface area contributed by atoms with Gasteiger partial charge in [0.25, 0.3) is 0 Å². The Balaban J connectivity index is 1.44. The molecule has 1 aliphatic heterocycles. The summed E-state index contributed by atoms with van der Waals surface area (Å²) in [4.78, 5) is 16.6. The first-order chi connectivity index (χ1) is 12.2. The van der Waals surface area contributed by atoms with E-state index in [0.29, 0.717) is 30.2 Å². The third-order valence-electron chi connectivity index (χ3n) is 5.33. The van der Waals surface area contributed by atoms with Crippen LogP contribution in [0.15, 0.2) is 30.3 Å². The van der Waals surface area contributed by atoms with Gasteiger partial charge in [-0.15, -0.1) is 0 Å². The number of benzene rings is 1. The predicted octanol–water partition coefficient (Wildman–Crippen LogP) is 1.89. The highest BCUT2D eigenvalue weighted by molar-refractivity contribution is 5.79. The molecular weight excluding hydrogens is 316 g/mol. The van der Waals surface area contributed by atoms with Crippen LogP contribution in [0.2, 0.25) is 0 Å². The van der Waals surface area contributed by atoms with Gasteiger partial charge in [-0.2, -0.15) is 4.68 Å². The number of carbonyl (C=O) groups is 1. The molecule has 1 unspecified atom stereocenters. The lowest BCUT2D eigenvalue weighted by atomic mass is 10.1. The van der Waals surface area contributed by atoms with Gasteiger partial charge in [-0.1, -0.05) is 36.1 Å². The third kappa shape index (κ3) is 3.23. The normalized spacial score (nSPS) is 21.2. The number of hydrogen-bond acceptors (Lipinski definition) is 5. The minimum Gasteiger partial charge on any atom is -0.342 e. The molecule has 1 atom stereocenters. The smallest absolute Gasteiger partial charge is 0.250 e. The second-order valence-corrected chi connectivity index (χ2v) is 7.16. The summed E-state index contributed by atoms with van der Waals surface area (Å²) in [7, 11) is 1.99. The summed E-state index contributed by atoms with van der Waals surface area (Å²) in [5, 5.41) is 12.1. The Kier molecular flexibility index (Phi) is 4.38. The minimum absolute atomic E-state index is 0.313. The van der Waals surface area contributed by atoms with Crippen LogP contribution in [0.4, 0.5) is 5.95 Å². The van der Waals surface area contributed by atoms with Gasteiger partial charge in [0.15, 0.2) is 0 Å². The number of hydrogen-bond donors (Lipinski definition) is 0. The second kappa shape index (κ2) is 6.82. The molecule has 2 aliphatic rings. The van der Waals surface area contributed by atoms with Gasteiger partial charge in [0.1, 0.15) is 0 Å². The zero-order valence-electron chi connectivity index (χ0n) is 14.6. The Hall–Kier alpha value is -2.44. The van der Waals surface area contributed by atoms with E-state index in [9.17, 15) is 4.79 Å². The topological polar surface area (TPSA) is 67.2 Å². The quantitative estimate of drug-likeness (QED) is 0.831. The van der Waals surface area contributed by atoms with Crippen LogP contribution >= 0.6 is 0 Å². The van der Waals surface area contributed by atoms with Gasteiger partial charge >= 0.3 is 0 Å². The molecule has 7 nitrogen and oxygen atoms in total. The number of likely N-dealkylation sites (tertiary alicyclic amines) is 1. The van der Waals surface area contributed by atoms with Crippen LogP contribution in [0.25, 0.3) is 5.69 Å². The fourth-order valence-electron chi connectivity index (χ4n) is 4.13. The predicted molar refractivity (Wildman–Crippen MR) is 94.5 cm³/mol. The maximum atomic E-state index is 12.4. The highest BCUT2D eigenvalue weighted by Gasteiger charge is 2.36. The van der Waals surface area contributed by atoms with Gasteiger partial charge in [0, 0.05) is 38.5 Å². The van der Waals surface area contributed by atoms with Gasteiger partial charge in [-0.3, -0.25) is 4.79 Å². The molecule has 0 radical (unpaired) electrons. The molecule has 25 heavy (non-hydrogen) atoms. The van der Waals surface area contributed by atoms with Crippen molar-refractivity contribution in [1.82, 2.24) is 25.1 Å². The highest BCUT2D eigenvalue weighted by atomic mass is 16.2. The third-order valence-corrected chi connectivity index (χ3v) is 5.33. The van der Waals surface area contributed by atoms with Crippen LogP contribution < -0.4 is 4.90 Å².